The van der Waals surface area contributed by atoms with Crippen LogP contribution in [-0.4, -0.2) is 52.2 Å². The maximum Gasteiger partial charge on any atom is 0.395 e. The average Bonchev–Trinajstić information content (AvgIpc) is 3.67. The van der Waals surface area contributed by atoms with E-state index in [0.29, 0.717) is 11.6 Å². The SMILES string of the molecule is CC(c1ccc(C(=O)CN(C2CC2)C2CCC(CO)(c3cccnc3)CC2)cc1)C(F)(F)F. The van der Waals surface area contributed by atoms with Gasteiger partial charge in [0.2, 0.25) is 0 Å². The van der Waals surface area contributed by atoms with Crippen LogP contribution in [0.3, 0.4) is 0 Å². The highest BCUT2D eigenvalue weighted by Gasteiger charge is 2.42. The molecule has 1 atom stereocenters. The van der Waals surface area contributed by atoms with Crippen molar-refractivity contribution < 1.29 is 23.1 Å². The van der Waals surface area contributed by atoms with Crippen molar-refractivity contribution >= 4 is 5.78 Å². The van der Waals surface area contributed by atoms with E-state index in [-0.39, 0.29) is 36.0 Å². The topological polar surface area (TPSA) is 53.4 Å². The number of Topliss-reactive ketones (excluding diaryl/α,β-unsaturated/α-hetero) is 1. The number of aliphatic hydroxyl groups excluding tert-OH is 1. The fourth-order valence-electron chi connectivity index (χ4n) is 5.07. The second-order valence-corrected chi connectivity index (χ2v) is 9.62. The molecule has 2 aliphatic carbocycles. The van der Waals surface area contributed by atoms with Crippen molar-refractivity contribution in [3.63, 3.8) is 0 Å². The van der Waals surface area contributed by atoms with Gasteiger partial charge in [-0.25, -0.2) is 0 Å². The Hall–Kier alpha value is -2.25. The molecule has 33 heavy (non-hydrogen) atoms. The van der Waals surface area contributed by atoms with Gasteiger partial charge in [-0.1, -0.05) is 30.3 Å². The van der Waals surface area contributed by atoms with Gasteiger partial charge < -0.3 is 5.11 Å². The Labute approximate surface area is 192 Å². The van der Waals surface area contributed by atoms with E-state index in [4.69, 9.17) is 0 Å². The number of aromatic nitrogens is 1. The zero-order valence-corrected chi connectivity index (χ0v) is 18.9. The molecule has 2 saturated carbocycles. The summed E-state index contributed by atoms with van der Waals surface area (Å²) < 4.78 is 38.9. The van der Waals surface area contributed by atoms with Crippen molar-refractivity contribution in [2.45, 2.75) is 75.0 Å². The Kier molecular flexibility index (Phi) is 6.91. The van der Waals surface area contributed by atoms with Crippen molar-refractivity contribution in [2.24, 2.45) is 0 Å². The standard InChI is InChI=1S/C26H31F3N2O2/c1-18(26(27,28)29)19-4-6-20(7-5-19)24(33)16-31(22-8-9-22)23-10-12-25(17-32,13-11-23)21-3-2-14-30-15-21/h2-7,14-15,18,22-23,32H,8-13,16-17H2,1H3. The van der Waals surface area contributed by atoms with Crippen LogP contribution in [-0.2, 0) is 5.41 Å². The van der Waals surface area contributed by atoms with Crippen molar-refractivity contribution in [3.8, 4) is 0 Å². The quantitative estimate of drug-likeness (QED) is 0.546. The van der Waals surface area contributed by atoms with Gasteiger partial charge in [0, 0.05) is 35.5 Å². The monoisotopic (exact) mass is 460 g/mol. The summed E-state index contributed by atoms with van der Waals surface area (Å²) in [6, 6.07) is 10.4. The lowest BCUT2D eigenvalue weighted by Gasteiger charge is -2.43. The van der Waals surface area contributed by atoms with E-state index in [9.17, 15) is 23.1 Å². The second-order valence-electron chi connectivity index (χ2n) is 9.62. The summed E-state index contributed by atoms with van der Waals surface area (Å²) in [6.07, 6.45) is 4.86. The van der Waals surface area contributed by atoms with Gasteiger partial charge in [-0.2, -0.15) is 13.2 Å². The molecule has 1 unspecified atom stereocenters. The fraction of sp³-hybridized carbons (Fsp3) is 0.538. The molecule has 0 amide bonds. The van der Waals surface area contributed by atoms with Crippen LogP contribution in [0.2, 0.25) is 0 Å². The molecular formula is C26H31F3N2O2. The highest BCUT2D eigenvalue weighted by atomic mass is 19.4. The molecule has 0 saturated heterocycles. The smallest absolute Gasteiger partial charge is 0.395 e. The second kappa shape index (κ2) is 9.55. The lowest BCUT2D eigenvalue weighted by atomic mass is 9.69. The molecule has 0 aliphatic heterocycles. The van der Waals surface area contributed by atoms with E-state index >= 15 is 0 Å². The van der Waals surface area contributed by atoms with Crippen LogP contribution in [0.4, 0.5) is 13.2 Å². The molecule has 178 valence electrons. The van der Waals surface area contributed by atoms with Gasteiger partial charge in [0.15, 0.2) is 5.78 Å². The fourth-order valence-corrected chi connectivity index (χ4v) is 5.07. The number of ketones is 1. The number of hydrogen-bond acceptors (Lipinski definition) is 4. The minimum absolute atomic E-state index is 0.0561. The van der Waals surface area contributed by atoms with Gasteiger partial charge in [-0.3, -0.25) is 14.7 Å². The predicted octanol–water partition coefficient (Wildman–Crippen LogP) is 5.27. The molecule has 0 spiro atoms. The summed E-state index contributed by atoms with van der Waals surface area (Å²) in [6.45, 7) is 1.49. The van der Waals surface area contributed by atoms with E-state index in [1.807, 2.05) is 18.3 Å². The maximum absolute atomic E-state index is 13.0. The summed E-state index contributed by atoms with van der Waals surface area (Å²) in [5.41, 5.74) is 1.40. The number of halogens is 3. The zero-order chi connectivity index (χ0) is 23.6. The van der Waals surface area contributed by atoms with Gasteiger partial charge in [-0.05, 0) is 62.6 Å². The van der Waals surface area contributed by atoms with Crippen molar-refractivity contribution in [2.75, 3.05) is 13.2 Å². The van der Waals surface area contributed by atoms with Crippen LogP contribution < -0.4 is 0 Å². The normalized spacial score (nSPS) is 24.6. The Morgan fingerprint density at radius 1 is 1.12 bits per heavy atom. The lowest BCUT2D eigenvalue weighted by molar-refractivity contribution is -0.146. The Balaban J connectivity index is 1.41. The number of hydrogen-bond donors (Lipinski definition) is 1. The lowest BCUT2D eigenvalue weighted by Crippen LogP contribution is -2.46. The number of carbonyl (C=O) groups excluding carboxylic acids is 1. The molecule has 0 bridgehead atoms. The van der Waals surface area contributed by atoms with Gasteiger partial charge in [0.25, 0.3) is 0 Å². The number of nitrogens with zero attached hydrogens (tertiary/aromatic N) is 2. The maximum atomic E-state index is 13.0. The van der Waals surface area contributed by atoms with Crippen molar-refractivity contribution in [1.29, 1.82) is 0 Å². The number of benzene rings is 1. The van der Waals surface area contributed by atoms with E-state index in [2.05, 4.69) is 9.88 Å². The molecule has 1 N–H and O–H groups in total. The molecule has 1 aromatic heterocycles. The highest BCUT2D eigenvalue weighted by molar-refractivity contribution is 5.97. The molecule has 7 heteroatoms. The summed E-state index contributed by atoms with van der Waals surface area (Å²) in [5, 5.41) is 10.2. The van der Waals surface area contributed by atoms with Crippen LogP contribution in [0.25, 0.3) is 0 Å². The van der Waals surface area contributed by atoms with Gasteiger partial charge >= 0.3 is 6.18 Å². The molecule has 0 radical (unpaired) electrons. The van der Waals surface area contributed by atoms with Crippen LogP contribution >= 0.6 is 0 Å². The number of pyridine rings is 1. The zero-order valence-electron chi connectivity index (χ0n) is 18.9. The Bertz CT molecular complexity index is 934. The largest absolute Gasteiger partial charge is 0.395 e. The average molecular weight is 461 g/mol. The van der Waals surface area contributed by atoms with E-state index in [1.54, 1.807) is 6.20 Å². The first-order valence-corrected chi connectivity index (χ1v) is 11.7. The summed E-state index contributed by atoms with van der Waals surface area (Å²) >= 11 is 0. The number of aliphatic hydroxyl groups is 1. The third-order valence-electron chi connectivity index (χ3n) is 7.52. The van der Waals surface area contributed by atoms with Crippen LogP contribution in [0.1, 0.15) is 72.9 Å². The van der Waals surface area contributed by atoms with E-state index < -0.39 is 12.1 Å². The Morgan fingerprint density at radius 3 is 2.27 bits per heavy atom. The Morgan fingerprint density at radius 2 is 1.76 bits per heavy atom. The molecule has 1 heterocycles. The third kappa shape index (κ3) is 5.30. The first kappa shape index (κ1) is 23.9. The summed E-state index contributed by atoms with van der Waals surface area (Å²) in [5.74, 6) is -1.61. The molecule has 1 aromatic carbocycles. The van der Waals surface area contributed by atoms with E-state index in [1.165, 1.54) is 24.3 Å². The number of carbonyl (C=O) groups is 1. The number of alkyl halides is 3. The summed E-state index contributed by atoms with van der Waals surface area (Å²) in [4.78, 5) is 19.5. The van der Waals surface area contributed by atoms with Gasteiger partial charge in [0.1, 0.15) is 0 Å². The van der Waals surface area contributed by atoms with Crippen LogP contribution in [0, 0.1) is 0 Å². The van der Waals surface area contributed by atoms with E-state index in [0.717, 1.165) is 51.0 Å². The summed E-state index contributed by atoms with van der Waals surface area (Å²) in [7, 11) is 0. The van der Waals surface area contributed by atoms with Crippen molar-refractivity contribution in [1.82, 2.24) is 9.88 Å². The molecule has 4 nitrogen and oxygen atoms in total. The number of rotatable bonds is 8. The first-order valence-electron chi connectivity index (χ1n) is 11.7. The molecular weight excluding hydrogens is 429 g/mol. The van der Waals surface area contributed by atoms with Gasteiger partial charge in [0.05, 0.1) is 19.1 Å². The molecule has 2 aliphatic rings. The molecule has 2 fully saturated rings. The third-order valence-corrected chi connectivity index (χ3v) is 7.52. The molecule has 4 rings (SSSR count). The van der Waals surface area contributed by atoms with Crippen LogP contribution in [0.15, 0.2) is 48.8 Å². The minimum Gasteiger partial charge on any atom is -0.395 e. The highest BCUT2D eigenvalue weighted by Crippen LogP contribution is 2.42. The van der Waals surface area contributed by atoms with Gasteiger partial charge in [-0.15, -0.1) is 0 Å². The molecule has 2 aromatic rings. The predicted molar refractivity (Wildman–Crippen MR) is 120 cm³/mol. The minimum atomic E-state index is -4.30. The van der Waals surface area contributed by atoms with Crippen molar-refractivity contribution in [3.05, 3.63) is 65.5 Å². The first-order chi connectivity index (χ1) is 15.7. The van der Waals surface area contributed by atoms with Crippen LogP contribution in [0.5, 0.6) is 0 Å².